The largest absolute Gasteiger partial charge is 0.488 e. The van der Waals surface area contributed by atoms with Gasteiger partial charge >= 0.3 is 0 Å². The van der Waals surface area contributed by atoms with E-state index < -0.39 is 0 Å². The number of aromatic nitrogens is 1. The molecule has 4 aromatic rings. The Morgan fingerprint density at radius 3 is 2.45 bits per heavy atom. The molecule has 170 valence electrons. The number of fused-ring (bicyclic) bond motifs is 1. The van der Waals surface area contributed by atoms with Gasteiger partial charge in [-0.15, -0.1) is 0 Å². The second-order valence-electron chi connectivity index (χ2n) is 8.74. The number of hydrogen-bond donors (Lipinski definition) is 0. The first-order valence-electron chi connectivity index (χ1n) is 11.4. The van der Waals surface area contributed by atoms with Gasteiger partial charge in [0.15, 0.2) is 0 Å². The molecule has 33 heavy (non-hydrogen) atoms. The van der Waals surface area contributed by atoms with Gasteiger partial charge < -0.3 is 14.0 Å². The standard InChI is InChI=1S/C28H27F2NO2/c1-18-14-23(8-9-24(18)30)31-25-15-22(29)16-26(33-17-20-6-4-3-5-7-20)27(25)19(2)28(31)21-10-12-32-13-11-21/h3-9,14-16,21H,10-13,17H2,1-2H3. The summed E-state index contributed by atoms with van der Waals surface area (Å²) in [5, 5.41) is 0.899. The molecule has 5 rings (SSSR count). The molecule has 3 nitrogen and oxygen atoms in total. The Labute approximate surface area is 192 Å². The zero-order valence-electron chi connectivity index (χ0n) is 18.9. The Hall–Kier alpha value is -3.18. The van der Waals surface area contributed by atoms with Gasteiger partial charge in [-0.25, -0.2) is 8.78 Å². The Kier molecular flexibility index (Phi) is 5.90. The zero-order chi connectivity index (χ0) is 22.9. The molecular formula is C28H27F2NO2. The van der Waals surface area contributed by atoms with Crippen molar-refractivity contribution in [2.24, 2.45) is 0 Å². The summed E-state index contributed by atoms with van der Waals surface area (Å²) in [5.74, 6) is 0.179. The van der Waals surface area contributed by atoms with Crippen LogP contribution in [0.5, 0.6) is 5.75 Å². The maximum absolute atomic E-state index is 14.9. The number of aryl methyl sites for hydroxylation is 2. The fourth-order valence-corrected chi connectivity index (χ4v) is 4.90. The molecular weight excluding hydrogens is 420 g/mol. The average molecular weight is 448 g/mol. The summed E-state index contributed by atoms with van der Waals surface area (Å²) in [6, 6.07) is 17.9. The maximum atomic E-state index is 14.9. The van der Waals surface area contributed by atoms with Crippen molar-refractivity contribution in [1.82, 2.24) is 4.57 Å². The van der Waals surface area contributed by atoms with E-state index in [1.165, 1.54) is 12.1 Å². The highest BCUT2D eigenvalue weighted by molar-refractivity contribution is 5.93. The van der Waals surface area contributed by atoms with Crippen LogP contribution in [0.4, 0.5) is 8.78 Å². The van der Waals surface area contributed by atoms with Crippen LogP contribution < -0.4 is 4.74 Å². The third kappa shape index (κ3) is 4.13. The lowest BCUT2D eigenvalue weighted by molar-refractivity contribution is 0.0841. The summed E-state index contributed by atoms with van der Waals surface area (Å²) >= 11 is 0. The molecule has 1 aliphatic rings. The predicted molar refractivity (Wildman–Crippen MR) is 126 cm³/mol. The van der Waals surface area contributed by atoms with Crippen molar-refractivity contribution in [1.29, 1.82) is 0 Å². The van der Waals surface area contributed by atoms with E-state index >= 15 is 0 Å². The van der Waals surface area contributed by atoms with Crippen molar-refractivity contribution in [2.75, 3.05) is 13.2 Å². The van der Waals surface area contributed by atoms with Crippen molar-refractivity contribution < 1.29 is 18.3 Å². The quantitative estimate of drug-likeness (QED) is 0.329. The van der Waals surface area contributed by atoms with Gasteiger partial charge in [0.25, 0.3) is 0 Å². The number of ether oxygens (including phenoxy) is 2. The average Bonchev–Trinajstić information content (AvgIpc) is 3.12. The SMILES string of the molecule is Cc1cc(-n2c(C3CCOCC3)c(C)c3c(OCc4ccccc4)cc(F)cc32)ccc1F. The van der Waals surface area contributed by atoms with Crippen LogP contribution >= 0.6 is 0 Å². The van der Waals surface area contributed by atoms with E-state index in [1.54, 1.807) is 19.1 Å². The number of halogens is 2. The van der Waals surface area contributed by atoms with Crippen LogP contribution in [0.2, 0.25) is 0 Å². The minimum absolute atomic E-state index is 0.252. The molecule has 0 atom stereocenters. The molecule has 3 aromatic carbocycles. The molecule has 0 amide bonds. The van der Waals surface area contributed by atoms with Crippen LogP contribution in [0.25, 0.3) is 16.6 Å². The molecule has 1 fully saturated rings. The van der Waals surface area contributed by atoms with Gasteiger partial charge in [0.1, 0.15) is 24.0 Å². The van der Waals surface area contributed by atoms with E-state index in [4.69, 9.17) is 9.47 Å². The summed E-state index contributed by atoms with van der Waals surface area (Å²) in [5.41, 5.74) is 5.33. The molecule has 2 heterocycles. The Morgan fingerprint density at radius 1 is 0.970 bits per heavy atom. The second-order valence-corrected chi connectivity index (χ2v) is 8.74. The number of hydrogen-bond acceptors (Lipinski definition) is 2. The fourth-order valence-electron chi connectivity index (χ4n) is 4.90. The molecule has 0 bridgehead atoms. The molecule has 1 saturated heterocycles. The van der Waals surface area contributed by atoms with Crippen LogP contribution in [0.1, 0.15) is 41.1 Å². The summed E-state index contributed by atoms with van der Waals surface area (Å²) in [6.07, 6.45) is 1.78. The minimum Gasteiger partial charge on any atom is -0.488 e. The Balaban J connectivity index is 1.70. The Bertz CT molecular complexity index is 1290. The van der Waals surface area contributed by atoms with Crippen molar-refractivity contribution >= 4 is 10.9 Å². The zero-order valence-corrected chi connectivity index (χ0v) is 18.9. The number of nitrogens with zero attached hydrogens (tertiary/aromatic N) is 1. The van der Waals surface area contributed by atoms with E-state index in [9.17, 15) is 8.78 Å². The van der Waals surface area contributed by atoms with Gasteiger partial charge in [0, 0.05) is 42.0 Å². The topological polar surface area (TPSA) is 23.4 Å². The van der Waals surface area contributed by atoms with Gasteiger partial charge in [0.2, 0.25) is 0 Å². The fraction of sp³-hybridized carbons (Fsp3) is 0.286. The van der Waals surface area contributed by atoms with Crippen LogP contribution in [0.15, 0.2) is 60.7 Å². The molecule has 0 aliphatic carbocycles. The lowest BCUT2D eigenvalue weighted by Crippen LogP contribution is -2.17. The molecule has 0 saturated carbocycles. The summed E-state index contributed by atoms with van der Waals surface area (Å²) in [4.78, 5) is 0. The molecule has 1 aromatic heterocycles. The van der Waals surface area contributed by atoms with E-state index in [2.05, 4.69) is 11.5 Å². The molecule has 1 aliphatic heterocycles. The van der Waals surface area contributed by atoms with Crippen LogP contribution in [-0.4, -0.2) is 17.8 Å². The van der Waals surface area contributed by atoms with Gasteiger partial charge in [-0.05, 0) is 67.6 Å². The lowest BCUT2D eigenvalue weighted by atomic mass is 9.93. The lowest BCUT2D eigenvalue weighted by Gasteiger charge is -2.25. The smallest absolute Gasteiger partial charge is 0.132 e. The summed E-state index contributed by atoms with van der Waals surface area (Å²) < 4.78 is 42.8. The second kappa shape index (κ2) is 8.99. The molecule has 5 heteroatoms. The van der Waals surface area contributed by atoms with Gasteiger partial charge in [-0.3, -0.25) is 0 Å². The molecule has 0 unspecified atom stereocenters. The van der Waals surface area contributed by atoms with Crippen molar-refractivity contribution in [3.63, 3.8) is 0 Å². The molecule has 0 spiro atoms. The van der Waals surface area contributed by atoms with Gasteiger partial charge in [-0.1, -0.05) is 30.3 Å². The van der Waals surface area contributed by atoms with Crippen LogP contribution in [-0.2, 0) is 11.3 Å². The third-order valence-corrected chi connectivity index (χ3v) is 6.53. The van der Waals surface area contributed by atoms with Gasteiger partial charge in [-0.2, -0.15) is 0 Å². The summed E-state index contributed by atoms with van der Waals surface area (Å²) in [6.45, 7) is 5.57. The molecule has 0 radical (unpaired) electrons. The van der Waals surface area contributed by atoms with E-state index in [0.717, 1.165) is 46.3 Å². The predicted octanol–water partition coefficient (Wildman–Crippen LogP) is 7.00. The first kappa shape index (κ1) is 21.7. The first-order valence-corrected chi connectivity index (χ1v) is 11.4. The van der Waals surface area contributed by atoms with E-state index in [1.807, 2.05) is 36.4 Å². The number of benzene rings is 3. The van der Waals surface area contributed by atoms with Crippen molar-refractivity contribution in [2.45, 2.75) is 39.2 Å². The monoisotopic (exact) mass is 447 g/mol. The number of rotatable bonds is 5. The normalized spacial score (nSPS) is 14.7. The minimum atomic E-state index is -0.360. The van der Waals surface area contributed by atoms with Crippen molar-refractivity contribution in [3.8, 4) is 11.4 Å². The van der Waals surface area contributed by atoms with E-state index in [0.29, 0.717) is 31.1 Å². The van der Waals surface area contributed by atoms with Crippen molar-refractivity contribution in [3.05, 3.63) is 94.7 Å². The van der Waals surface area contributed by atoms with Gasteiger partial charge in [0.05, 0.1) is 5.52 Å². The van der Waals surface area contributed by atoms with Crippen LogP contribution in [0, 0.1) is 25.5 Å². The summed E-state index contributed by atoms with van der Waals surface area (Å²) in [7, 11) is 0. The highest BCUT2D eigenvalue weighted by atomic mass is 19.1. The van der Waals surface area contributed by atoms with Crippen LogP contribution in [0.3, 0.4) is 0 Å². The first-order chi connectivity index (χ1) is 16.0. The third-order valence-electron chi connectivity index (χ3n) is 6.53. The highest BCUT2D eigenvalue weighted by Gasteiger charge is 2.27. The maximum Gasteiger partial charge on any atom is 0.132 e. The molecule has 0 N–H and O–H groups in total. The Morgan fingerprint density at radius 2 is 1.73 bits per heavy atom. The highest BCUT2D eigenvalue weighted by Crippen LogP contribution is 2.42. The van der Waals surface area contributed by atoms with E-state index in [-0.39, 0.29) is 17.6 Å².